The molecule has 0 saturated heterocycles. The topological polar surface area (TPSA) is 74.2 Å². The van der Waals surface area contributed by atoms with Crippen LogP contribution in [-0.2, 0) is 14.3 Å². The lowest BCUT2D eigenvalue weighted by atomic mass is 10.1. The normalized spacial score (nSPS) is 14.6. The van der Waals surface area contributed by atoms with Crippen LogP contribution in [0.25, 0.3) is 6.08 Å². The first-order valence-electron chi connectivity index (χ1n) is 8.30. The number of cyclic esters (lactones) is 1. The first-order valence-corrected chi connectivity index (χ1v) is 10.2. The number of carbonyl (C=O) groups excluding carboxylic acids is 2. The highest BCUT2D eigenvalue weighted by molar-refractivity contribution is 14.1. The van der Waals surface area contributed by atoms with E-state index in [2.05, 4.69) is 43.5 Å². The summed E-state index contributed by atoms with van der Waals surface area (Å²) in [5.41, 5.74) is 1.53. The van der Waals surface area contributed by atoms with Crippen molar-refractivity contribution in [2.45, 2.75) is 13.8 Å². The molecule has 0 atom stereocenters. The molecule has 8 heteroatoms. The Morgan fingerprint density at radius 3 is 2.64 bits per heavy atom. The Morgan fingerprint density at radius 2 is 2.00 bits per heavy atom. The Morgan fingerprint density at radius 1 is 1.29 bits per heavy atom. The second kappa shape index (κ2) is 8.87. The van der Waals surface area contributed by atoms with E-state index in [1.807, 2.05) is 31.2 Å². The van der Waals surface area contributed by atoms with E-state index >= 15 is 0 Å². The van der Waals surface area contributed by atoms with Crippen molar-refractivity contribution in [3.05, 3.63) is 61.3 Å². The van der Waals surface area contributed by atoms with Gasteiger partial charge in [0.2, 0.25) is 5.90 Å². The van der Waals surface area contributed by atoms with E-state index in [-0.39, 0.29) is 17.3 Å². The molecule has 0 fully saturated rings. The van der Waals surface area contributed by atoms with Gasteiger partial charge in [0, 0.05) is 16.1 Å². The third-order valence-electron chi connectivity index (χ3n) is 3.59. The van der Waals surface area contributed by atoms with Crippen LogP contribution in [0.1, 0.15) is 25.0 Å². The van der Waals surface area contributed by atoms with Gasteiger partial charge in [0.1, 0.15) is 0 Å². The van der Waals surface area contributed by atoms with Gasteiger partial charge in [-0.15, -0.1) is 0 Å². The SMILES string of the molecule is CCOc1cc(/C=C2\N=C(c3ccc(I)cc3)OC2=O)cc(Br)c1OC(C)=O. The maximum absolute atomic E-state index is 12.2. The number of benzene rings is 2. The lowest BCUT2D eigenvalue weighted by molar-refractivity contribution is -0.132. The van der Waals surface area contributed by atoms with E-state index in [9.17, 15) is 9.59 Å². The van der Waals surface area contributed by atoms with E-state index in [4.69, 9.17) is 14.2 Å². The van der Waals surface area contributed by atoms with Crippen LogP contribution in [0.15, 0.2) is 51.6 Å². The van der Waals surface area contributed by atoms with E-state index < -0.39 is 11.9 Å². The highest BCUT2D eigenvalue weighted by Gasteiger charge is 2.24. The standard InChI is InChI=1S/C20H15BrINO5/c1-3-26-17-10-12(8-15(21)18(17)27-11(2)24)9-16-20(25)28-19(23-16)13-4-6-14(22)7-5-13/h4-10H,3H2,1-2H3/b16-9-. The molecule has 0 aliphatic carbocycles. The molecule has 3 rings (SSSR count). The minimum Gasteiger partial charge on any atom is -0.490 e. The highest BCUT2D eigenvalue weighted by atomic mass is 127. The Hall–Kier alpha value is -2.20. The van der Waals surface area contributed by atoms with Gasteiger partial charge in [0.25, 0.3) is 0 Å². The third kappa shape index (κ3) is 4.79. The fourth-order valence-electron chi connectivity index (χ4n) is 2.46. The summed E-state index contributed by atoms with van der Waals surface area (Å²) >= 11 is 5.58. The number of aliphatic imine (C=N–C) groups is 1. The van der Waals surface area contributed by atoms with Gasteiger partial charge in [0.15, 0.2) is 17.2 Å². The molecule has 1 aliphatic rings. The summed E-state index contributed by atoms with van der Waals surface area (Å²) in [6.45, 7) is 3.52. The molecule has 0 saturated carbocycles. The van der Waals surface area contributed by atoms with Crippen LogP contribution in [-0.4, -0.2) is 24.4 Å². The Labute approximate surface area is 183 Å². The lowest BCUT2D eigenvalue weighted by Crippen LogP contribution is -2.06. The zero-order valence-electron chi connectivity index (χ0n) is 15.0. The van der Waals surface area contributed by atoms with Gasteiger partial charge in [0.05, 0.1) is 11.1 Å². The second-order valence-corrected chi connectivity index (χ2v) is 7.80. The van der Waals surface area contributed by atoms with Crippen LogP contribution in [0.4, 0.5) is 0 Å². The number of esters is 2. The predicted octanol–water partition coefficient (Wildman–Crippen LogP) is 4.72. The number of halogens is 2. The summed E-state index contributed by atoms with van der Waals surface area (Å²) < 4.78 is 17.6. The molecule has 0 unspecified atom stereocenters. The Bertz CT molecular complexity index is 998. The van der Waals surface area contributed by atoms with Crippen LogP contribution >= 0.6 is 38.5 Å². The number of hydrogen-bond donors (Lipinski definition) is 0. The third-order valence-corrected chi connectivity index (χ3v) is 4.90. The average Bonchev–Trinajstić information content (AvgIpc) is 2.99. The Kier molecular flexibility index (Phi) is 6.50. The van der Waals surface area contributed by atoms with Crippen LogP contribution in [0, 0.1) is 3.57 Å². The van der Waals surface area contributed by atoms with E-state index in [1.54, 1.807) is 18.2 Å². The fraction of sp³-hybridized carbons (Fsp3) is 0.150. The summed E-state index contributed by atoms with van der Waals surface area (Å²) in [5, 5.41) is 0. The fourth-order valence-corrected chi connectivity index (χ4v) is 3.36. The van der Waals surface area contributed by atoms with Gasteiger partial charge in [-0.1, -0.05) is 0 Å². The summed E-state index contributed by atoms with van der Waals surface area (Å²) in [6, 6.07) is 10.9. The molecule has 0 N–H and O–H groups in total. The maximum atomic E-state index is 12.2. The zero-order chi connectivity index (χ0) is 20.3. The molecule has 0 radical (unpaired) electrons. The minimum atomic E-state index is -0.535. The molecule has 0 amide bonds. The largest absolute Gasteiger partial charge is 0.490 e. The van der Waals surface area contributed by atoms with Crippen molar-refractivity contribution in [1.82, 2.24) is 0 Å². The first-order chi connectivity index (χ1) is 13.4. The summed E-state index contributed by atoms with van der Waals surface area (Å²) in [4.78, 5) is 27.9. The molecule has 144 valence electrons. The van der Waals surface area contributed by atoms with Gasteiger partial charge in [-0.25, -0.2) is 9.79 Å². The second-order valence-electron chi connectivity index (χ2n) is 5.70. The molecule has 2 aromatic rings. The van der Waals surface area contributed by atoms with Gasteiger partial charge in [-0.2, -0.15) is 0 Å². The van der Waals surface area contributed by atoms with Crippen molar-refractivity contribution in [1.29, 1.82) is 0 Å². The number of rotatable bonds is 5. The van der Waals surface area contributed by atoms with Gasteiger partial charge in [-0.05, 0) is 93.5 Å². The van der Waals surface area contributed by atoms with Crippen molar-refractivity contribution in [3.8, 4) is 11.5 Å². The quantitative estimate of drug-likeness (QED) is 0.231. The molecule has 1 heterocycles. The van der Waals surface area contributed by atoms with E-state index in [0.29, 0.717) is 22.4 Å². The van der Waals surface area contributed by atoms with E-state index in [0.717, 1.165) is 9.13 Å². The minimum absolute atomic E-state index is 0.170. The number of hydrogen-bond acceptors (Lipinski definition) is 6. The summed E-state index contributed by atoms with van der Waals surface area (Å²) in [6.07, 6.45) is 1.59. The highest BCUT2D eigenvalue weighted by Crippen LogP contribution is 2.38. The van der Waals surface area contributed by atoms with Crippen LogP contribution in [0.2, 0.25) is 0 Å². The summed E-state index contributed by atoms with van der Waals surface area (Å²) in [5.74, 6) is -0.0698. The molecule has 1 aliphatic heterocycles. The van der Waals surface area contributed by atoms with Crippen molar-refractivity contribution < 1.29 is 23.8 Å². The smallest absolute Gasteiger partial charge is 0.363 e. The molecule has 0 spiro atoms. The lowest BCUT2D eigenvalue weighted by Gasteiger charge is -2.12. The van der Waals surface area contributed by atoms with Crippen LogP contribution in [0.3, 0.4) is 0 Å². The van der Waals surface area contributed by atoms with Crippen molar-refractivity contribution in [3.63, 3.8) is 0 Å². The van der Waals surface area contributed by atoms with Crippen molar-refractivity contribution >= 4 is 62.4 Å². The maximum Gasteiger partial charge on any atom is 0.363 e. The molecule has 6 nitrogen and oxygen atoms in total. The average molecular weight is 556 g/mol. The first kappa shape index (κ1) is 20.5. The Balaban J connectivity index is 1.96. The number of carbonyl (C=O) groups is 2. The monoisotopic (exact) mass is 555 g/mol. The predicted molar refractivity (Wildman–Crippen MR) is 116 cm³/mol. The number of ether oxygens (including phenoxy) is 3. The van der Waals surface area contributed by atoms with Gasteiger partial charge in [-0.3, -0.25) is 4.79 Å². The molecule has 0 bridgehead atoms. The molecular formula is C20H15BrINO5. The number of nitrogens with zero attached hydrogens (tertiary/aromatic N) is 1. The van der Waals surface area contributed by atoms with Gasteiger partial charge >= 0.3 is 11.9 Å². The molecular weight excluding hydrogens is 541 g/mol. The van der Waals surface area contributed by atoms with Crippen LogP contribution < -0.4 is 9.47 Å². The molecule has 2 aromatic carbocycles. The van der Waals surface area contributed by atoms with E-state index in [1.165, 1.54) is 6.92 Å². The summed E-state index contributed by atoms with van der Waals surface area (Å²) in [7, 11) is 0. The molecule has 0 aromatic heterocycles. The van der Waals surface area contributed by atoms with Gasteiger partial charge < -0.3 is 14.2 Å². The van der Waals surface area contributed by atoms with Crippen molar-refractivity contribution in [2.75, 3.05) is 6.61 Å². The molecule has 28 heavy (non-hydrogen) atoms. The van der Waals surface area contributed by atoms with Crippen LogP contribution in [0.5, 0.6) is 11.5 Å². The van der Waals surface area contributed by atoms with Crippen molar-refractivity contribution in [2.24, 2.45) is 4.99 Å². The zero-order valence-corrected chi connectivity index (χ0v) is 18.7.